The van der Waals surface area contributed by atoms with E-state index in [0.29, 0.717) is 11.1 Å². The zero-order valence-corrected chi connectivity index (χ0v) is 7.93. The highest BCUT2D eigenvalue weighted by molar-refractivity contribution is 5.89. The summed E-state index contributed by atoms with van der Waals surface area (Å²) in [5.41, 5.74) is 6.33. The molecule has 76 valence electrons. The zero-order valence-electron chi connectivity index (χ0n) is 7.93. The normalized spacial score (nSPS) is 12.2. The Labute approximate surface area is 82.3 Å². The second-order valence-corrected chi connectivity index (χ2v) is 2.87. The number of carbonyl (C=O) groups excluding carboxylic acids is 1. The maximum Gasteiger partial charge on any atom is 0.337 e. The molecule has 0 saturated heterocycles. The van der Waals surface area contributed by atoms with Crippen LogP contribution in [0.1, 0.15) is 22.0 Å². The lowest BCUT2D eigenvalue weighted by atomic mass is 10.1. The van der Waals surface area contributed by atoms with Crippen LogP contribution in [-0.2, 0) is 4.74 Å². The SMILES string of the molecule is COC(=O)c1cccc([C@H](O)CN)c1. The highest BCUT2D eigenvalue weighted by Crippen LogP contribution is 2.13. The van der Waals surface area contributed by atoms with E-state index in [-0.39, 0.29) is 6.54 Å². The minimum Gasteiger partial charge on any atom is -0.465 e. The molecular weight excluding hydrogens is 182 g/mol. The Bertz CT molecular complexity index is 325. The summed E-state index contributed by atoms with van der Waals surface area (Å²) in [5.74, 6) is -0.420. The molecule has 4 nitrogen and oxygen atoms in total. The average molecular weight is 195 g/mol. The van der Waals surface area contributed by atoms with Gasteiger partial charge in [-0.3, -0.25) is 0 Å². The minimum atomic E-state index is -0.736. The molecule has 14 heavy (non-hydrogen) atoms. The molecule has 1 atom stereocenters. The molecule has 0 bridgehead atoms. The summed E-state index contributed by atoms with van der Waals surface area (Å²) in [6.45, 7) is 0.130. The molecule has 0 radical (unpaired) electrons. The molecular formula is C10H13NO3. The summed E-state index contributed by atoms with van der Waals surface area (Å²) in [6, 6.07) is 6.59. The molecule has 4 heteroatoms. The smallest absolute Gasteiger partial charge is 0.337 e. The van der Waals surface area contributed by atoms with Gasteiger partial charge in [-0.15, -0.1) is 0 Å². The molecule has 0 spiro atoms. The fourth-order valence-electron chi connectivity index (χ4n) is 1.13. The number of aliphatic hydroxyl groups is 1. The molecule has 0 amide bonds. The number of nitrogens with two attached hydrogens (primary N) is 1. The third-order valence-corrected chi connectivity index (χ3v) is 1.92. The monoisotopic (exact) mass is 195 g/mol. The third-order valence-electron chi connectivity index (χ3n) is 1.92. The summed E-state index contributed by atoms with van der Waals surface area (Å²) < 4.78 is 4.55. The van der Waals surface area contributed by atoms with Crippen LogP contribution < -0.4 is 5.73 Å². The quantitative estimate of drug-likeness (QED) is 0.687. The first kappa shape index (κ1) is 10.7. The Morgan fingerprint density at radius 1 is 1.64 bits per heavy atom. The molecule has 0 heterocycles. The number of aliphatic hydroxyl groups excluding tert-OH is 1. The fraction of sp³-hybridized carbons (Fsp3) is 0.300. The van der Waals surface area contributed by atoms with E-state index < -0.39 is 12.1 Å². The van der Waals surface area contributed by atoms with Crippen LogP contribution in [0.3, 0.4) is 0 Å². The van der Waals surface area contributed by atoms with Crippen molar-refractivity contribution in [2.75, 3.05) is 13.7 Å². The van der Waals surface area contributed by atoms with E-state index in [1.54, 1.807) is 24.3 Å². The Kier molecular flexibility index (Phi) is 3.62. The molecule has 1 aromatic carbocycles. The van der Waals surface area contributed by atoms with Crippen molar-refractivity contribution in [2.45, 2.75) is 6.10 Å². The van der Waals surface area contributed by atoms with E-state index in [2.05, 4.69) is 4.74 Å². The largest absolute Gasteiger partial charge is 0.465 e. The van der Waals surface area contributed by atoms with Crippen LogP contribution in [0.25, 0.3) is 0 Å². The fourth-order valence-corrected chi connectivity index (χ4v) is 1.13. The van der Waals surface area contributed by atoms with Gasteiger partial charge in [0.2, 0.25) is 0 Å². The standard InChI is InChI=1S/C10H13NO3/c1-14-10(13)8-4-2-3-7(5-8)9(12)6-11/h2-5,9,12H,6,11H2,1H3/t9-/m1/s1. The van der Waals surface area contributed by atoms with Crippen LogP contribution in [0.4, 0.5) is 0 Å². The van der Waals surface area contributed by atoms with Crippen LogP contribution in [0.15, 0.2) is 24.3 Å². The Morgan fingerprint density at radius 3 is 2.93 bits per heavy atom. The Morgan fingerprint density at radius 2 is 2.36 bits per heavy atom. The maximum absolute atomic E-state index is 11.1. The van der Waals surface area contributed by atoms with E-state index in [1.807, 2.05) is 0 Å². The molecule has 0 aromatic heterocycles. The van der Waals surface area contributed by atoms with E-state index in [0.717, 1.165) is 0 Å². The lowest BCUT2D eigenvalue weighted by Gasteiger charge is -2.08. The second-order valence-electron chi connectivity index (χ2n) is 2.87. The van der Waals surface area contributed by atoms with Crippen LogP contribution in [0.5, 0.6) is 0 Å². The van der Waals surface area contributed by atoms with Crippen LogP contribution in [-0.4, -0.2) is 24.7 Å². The topological polar surface area (TPSA) is 72.5 Å². The molecule has 0 aliphatic carbocycles. The number of ether oxygens (including phenoxy) is 1. The van der Waals surface area contributed by atoms with Crippen molar-refractivity contribution >= 4 is 5.97 Å². The van der Waals surface area contributed by atoms with Crippen LogP contribution >= 0.6 is 0 Å². The van der Waals surface area contributed by atoms with Crippen molar-refractivity contribution in [3.8, 4) is 0 Å². The first-order valence-corrected chi connectivity index (χ1v) is 4.25. The number of hydrogen-bond acceptors (Lipinski definition) is 4. The summed E-state index contributed by atoms with van der Waals surface area (Å²) in [7, 11) is 1.31. The molecule has 1 rings (SSSR count). The predicted molar refractivity (Wildman–Crippen MR) is 51.8 cm³/mol. The van der Waals surface area contributed by atoms with Crippen LogP contribution in [0, 0.1) is 0 Å². The van der Waals surface area contributed by atoms with E-state index >= 15 is 0 Å². The number of carbonyl (C=O) groups is 1. The summed E-state index contributed by atoms with van der Waals surface area (Å²) in [4.78, 5) is 11.1. The highest BCUT2D eigenvalue weighted by Gasteiger charge is 2.09. The molecule has 0 fully saturated rings. The molecule has 0 saturated carbocycles. The van der Waals surface area contributed by atoms with Crippen molar-refractivity contribution in [1.29, 1.82) is 0 Å². The highest BCUT2D eigenvalue weighted by atomic mass is 16.5. The third kappa shape index (κ3) is 2.31. The van der Waals surface area contributed by atoms with Crippen molar-refractivity contribution in [3.05, 3.63) is 35.4 Å². The predicted octanol–water partition coefficient (Wildman–Crippen LogP) is 0.465. The number of esters is 1. The van der Waals surface area contributed by atoms with Gasteiger partial charge in [-0.1, -0.05) is 12.1 Å². The Balaban J connectivity index is 2.95. The minimum absolute atomic E-state index is 0.130. The van der Waals surface area contributed by atoms with E-state index in [9.17, 15) is 9.90 Å². The summed E-state index contributed by atoms with van der Waals surface area (Å²) in [6.07, 6.45) is -0.736. The van der Waals surface area contributed by atoms with Gasteiger partial charge in [0.1, 0.15) is 0 Å². The number of methoxy groups -OCH3 is 1. The van der Waals surface area contributed by atoms with Gasteiger partial charge in [0, 0.05) is 6.54 Å². The summed E-state index contributed by atoms with van der Waals surface area (Å²) in [5, 5.41) is 9.43. The second kappa shape index (κ2) is 4.74. The van der Waals surface area contributed by atoms with Crippen molar-refractivity contribution in [1.82, 2.24) is 0 Å². The molecule has 0 unspecified atom stereocenters. The average Bonchev–Trinajstić information content (AvgIpc) is 2.27. The van der Waals surface area contributed by atoms with E-state index in [4.69, 9.17) is 5.73 Å². The van der Waals surface area contributed by atoms with Crippen LogP contribution in [0.2, 0.25) is 0 Å². The van der Waals surface area contributed by atoms with Crippen molar-refractivity contribution in [2.24, 2.45) is 5.73 Å². The lowest BCUT2D eigenvalue weighted by molar-refractivity contribution is 0.0600. The van der Waals surface area contributed by atoms with Gasteiger partial charge in [0.25, 0.3) is 0 Å². The number of rotatable bonds is 3. The maximum atomic E-state index is 11.1. The first-order chi connectivity index (χ1) is 6.69. The number of hydrogen-bond donors (Lipinski definition) is 2. The number of benzene rings is 1. The van der Waals surface area contributed by atoms with Gasteiger partial charge in [-0.25, -0.2) is 4.79 Å². The van der Waals surface area contributed by atoms with Crippen molar-refractivity contribution < 1.29 is 14.6 Å². The van der Waals surface area contributed by atoms with Gasteiger partial charge in [0.15, 0.2) is 0 Å². The molecule has 1 aromatic rings. The Hall–Kier alpha value is -1.39. The van der Waals surface area contributed by atoms with Crippen molar-refractivity contribution in [3.63, 3.8) is 0 Å². The molecule has 0 aliphatic heterocycles. The van der Waals surface area contributed by atoms with Gasteiger partial charge in [-0.2, -0.15) is 0 Å². The van der Waals surface area contributed by atoms with E-state index in [1.165, 1.54) is 7.11 Å². The molecule has 3 N–H and O–H groups in total. The van der Waals surface area contributed by atoms with Gasteiger partial charge < -0.3 is 15.6 Å². The lowest BCUT2D eigenvalue weighted by Crippen LogP contribution is -2.12. The van der Waals surface area contributed by atoms with Gasteiger partial charge >= 0.3 is 5.97 Å². The van der Waals surface area contributed by atoms with Gasteiger partial charge in [-0.05, 0) is 17.7 Å². The van der Waals surface area contributed by atoms with Gasteiger partial charge in [0.05, 0.1) is 18.8 Å². The zero-order chi connectivity index (χ0) is 10.6. The molecule has 0 aliphatic rings. The first-order valence-electron chi connectivity index (χ1n) is 4.25. The summed E-state index contributed by atoms with van der Waals surface area (Å²) >= 11 is 0.